The van der Waals surface area contributed by atoms with Crippen molar-refractivity contribution in [2.75, 3.05) is 0 Å². The Bertz CT molecular complexity index is 656. The zero-order chi connectivity index (χ0) is 20.3. The maximum Gasteiger partial charge on any atom is 0.136 e. The molecule has 7 atom stereocenters. The van der Waals surface area contributed by atoms with E-state index in [4.69, 9.17) is 0 Å². The zero-order valence-electron chi connectivity index (χ0n) is 18.9. The number of fused-ring (bicyclic) bond motifs is 5. The summed E-state index contributed by atoms with van der Waals surface area (Å²) in [4.78, 5) is 12.0. The predicted molar refractivity (Wildman–Crippen MR) is 115 cm³/mol. The summed E-state index contributed by atoms with van der Waals surface area (Å²) in [5, 5.41) is 10.2. The van der Waals surface area contributed by atoms with Gasteiger partial charge in [-0.15, -0.1) is 0 Å². The number of hydrogen-bond acceptors (Lipinski definition) is 2. The summed E-state index contributed by atoms with van der Waals surface area (Å²) in [5.74, 6) is 4.45. The molecule has 0 aromatic rings. The molecule has 2 nitrogen and oxygen atoms in total. The summed E-state index contributed by atoms with van der Waals surface area (Å²) >= 11 is 0. The van der Waals surface area contributed by atoms with Gasteiger partial charge in [0.05, 0.1) is 5.60 Å². The summed E-state index contributed by atoms with van der Waals surface area (Å²) < 4.78 is 0. The minimum absolute atomic E-state index is 0.294. The van der Waals surface area contributed by atoms with Gasteiger partial charge < -0.3 is 5.11 Å². The second kappa shape index (κ2) is 6.96. The Labute approximate surface area is 172 Å². The van der Waals surface area contributed by atoms with E-state index in [-0.39, 0.29) is 0 Å². The third kappa shape index (κ3) is 3.32. The first-order valence-electron chi connectivity index (χ1n) is 12.0. The van der Waals surface area contributed by atoms with Crippen molar-refractivity contribution in [2.45, 2.75) is 104 Å². The number of rotatable bonds is 4. The fourth-order valence-corrected chi connectivity index (χ4v) is 8.23. The van der Waals surface area contributed by atoms with E-state index in [1.165, 1.54) is 37.7 Å². The molecule has 0 aromatic heterocycles. The second-order valence-electron chi connectivity index (χ2n) is 12.0. The summed E-state index contributed by atoms with van der Waals surface area (Å²) in [5.41, 5.74) is 1.72. The summed E-state index contributed by atoms with van der Waals surface area (Å²) in [6, 6.07) is 0. The molecule has 0 amide bonds. The van der Waals surface area contributed by atoms with Crippen molar-refractivity contribution in [3.05, 3.63) is 11.6 Å². The van der Waals surface area contributed by atoms with Gasteiger partial charge in [0.2, 0.25) is 0 Å². The van der Waals surface area contributed by atoms with Gasteiger partial charge in [-0.1, -0.05) is 32.4 Å². The lowest BCUT2D eigenvalue weighted by atomic mass is 9.47. The van der Waals surface area contributed by atoms with Crippen LogP contribution in [0.4, 0.5) is 0 Å². The second-order valence-corrected chi connectivity index (χ2v) is 12.0. The number of Topliss-reactive ketones (excluding diaryl/α,β-unsaturated/α-hetero) is 1. The topological polar surface area (TPSA) is 37.3 Å². The molecule has 0 saturated heterocycles. The fourth-order valence-electron chi connectivity index (χ4n) is 8.23. The molecule has 3 fully saturated rings. The van der Waals surface area contributed by atoms with Gasteiger partial charge in [0.25, 0.3) is 0 Å². The van der Waals surface area contributed by atoms with Gasteiger partial charge in [-0.3, -0.25) is 4.79 Å². The van der Waals surface area contributed by atoms with Crippen molar-refractivity contribution in [2.24, 2.45) is 40.4 Å². The normalized spacial score (nSPS) is 44.4. The first kappa shape index (κ1) is 20.6. The molecule has 0 bridgehead atoms. The lowest BCUT2D eigenvalue weighted by Gasteiger charge is -2.58. The lowest BCUT2D eigenvalue weighted by molar-refractivity contribution is -0.122. The first-order chi connectivity index (χ1) is 13.0. The summed E-state index contributed by atoms with van der Waals surface area (Å²) in [6.07, 6.45) is 13.9. The van der Waals surface area contributed by atoms with Crippen LogP contribution in [0.15, 0.2) is 11.6 Å². The standard InChI is InChI=1S/C26H42O2/c1-17(10-13-24(2,3)28)21-8-9-22-20-7-6-18-16-19(27)11-14-25(18,4)23(20)12-15-26(21,22)5/h6,17,20-23,28H,7-16H2,1-5H3/t17-,20?,21?,22?,23?,25?,26-/m1/s1. The number of carbonyl (C=O) groups excluding carboxylic acids is 1. The Morgan fingerprint density at radius 1 is 1.18 bits per heavy atom. The Kier molecular flexibility index (Phi) is 5.13. The molecule has 0 heterocycles. The largest absolute Gasteiger partial charge is 0.390 e. The number of aliphatic hydroxyl groups is 1. The highest BCUT2D eigenvalue weighted by atomic mass is 16.3. The van der Waals surface area contributed by atoms with E-state index in [0.29, 0.717) is 22.5 Å². The van der Waals surface area contributed by atoms with Crippen LogP contribution in [-0.4, -0.2) is 16.5 Å². The SMILES string of the molecule is C[C@H](CCC(C)(C)O)C1CCC2C3CC=C4CC(=O)CCC4(C)C3CC[C@@]21C. The molecule has 4 aliphatic rings. The molecule has 3 saturated carbocycles. The van der Waals surface area contributed by atoms with E-state index in [0.717, 1.165) is 55.8 Å². The molecule has 4 rings (SSSR count). The van der Waals surface area contributed by atoms with Crippen molar-refractivity contribution in [3.8, 4) is 0 Å². The fraction of sp³-hybridized carbons (Fsp3) is 0.885. The van der Waals surface area contributed by atoms with E-state index < -0.39 is 5.60 Å². The van der Waals surface area contributed by atoms with Gasteiger partial charge in [-0.05, 0) is 106 Å². The van der Waals surface area contributed by atoms with Crippen LogP contribution in [-0.2, 0) is 4.79 Å². The molecular formula is C26H42O2. The van der Waals surface area contributed by atoms with Crippen molar-refractivity contribution < 1.29 is 9.90 Å². The number of carbonyl (C=O) groups is 1. The van der Waals surface area contributed by atoms with Crippen LogP contribution in [0.3, 0.4) is 0 Å². The minimum Gasteiger partial charge on any atom is -0.390 e. The van der Waals surface area contributed by atoms with Crippen molar-refractivity contribution in [3.63, 3.8) is 0 Å². The molecule has 0 radical (unpaired) electrons. The molecule has 0 aliphatic heterocycles. The van der Waals surface area contributed by atoms with Crippen LogP contribution >= 0.6 is 0 Å². The monoisotopic (exact) mass is 386 g/mol. The van der Waals surface area contributed by atoms with Crippen molar-refractivity contribution in [1.29, 1.82) is 0 Å². The van der Waals surface area contributed by atoms with Crippen molar-refractivity contribution in [1.82, 2.24) is 0 Å². The smallest absolute Gasteiger partial charge is 0.136 e. The van der Waals surface area contributed by atoms with Gasteiger partial charge in [-0.25, -0.2) is 0 Å². The third-order valence-electron chi connectivity index (χ3n) is 9.91. The highest BCUT2D eigenvalue weighted by molar-refractivity contribution is 5.82. The molecule has 28 heavy (non-hydrogen) atoms. The summed E-state index contributed by atoms with van der Waals surface area (Å²) in [6.45, 7) is 11.4. The number of allylic oxidation sites excluding steroid dienone is 2. The van der Waals surface area contributed by atoms with E-state index in [1.807, 2.05) is 13.8 Å². The van der Waals surface area contributed by atoms with Crippen LogP contribution in [0, 0.1) is 40.4 Å². The molecule has 1 N–H and O–H groups in total. The Morgan fingerprint density at radius 3 is 2.64 bits per heavy atom. The quantitative estimate of drug-likeness (QED) is 0.574. The van der Waals surface area contributed by atoms with E-state index in [9.17, 15) is 9.90 Å². The highest BCUT2D eigenvalue weighted by Crippen LogP contribution is 2.67. The molecule has 5 unspecified atom stereocenters. The molecule has 2 heteroatoms. The molecular weight excluding hydrogens is 344 g/mol. The maximum atomic E-state index is 12.0. The van der Waals surface area contributed by atoms with Crippen LogP contribution in [0.2, 0.25) is 0 Å². The van der Waals surface area contributed by atoms with Gasteiger partial charge in [0.15, 0.2) is 0 Å². The Balaban J connectivity index is 1.53. The van der Waals surface area contributed by atoms with Crippen LogP contribution in [0.25, 0.3) is 0 Å². The number of hydrogen-bond donors (Lipinski definition) is 1. The Hall–Kier alpha value is -0.630. The molecule has 0 aromatic carbocycles. The first-order valence-corrected chi connectivity index (χ1v) is 12.0. The lowest BCUT2D eigenvalue weighted by Crippen LogP contribution is -2.50. The van der Waals surface area contributed by atoms with Crippen molar-refractivity contribution >= 4 is 5.78 Å². The highest BCUT2D eigenvalue weighted by Gasteiger charge is 2.59. The van der Waals surface area contributed by atoms with Gasteiger partial charge in [0.1, 0.15) is 5.78 Å². The average Bonchev–Trinajstić information content (AvgIpc) is 2.97. The van der Waals surface area contributed by atoms with E-state index >= 15 is 0 Å². The van der Waals surface area contributed by atoms with Gasteiger partial charge >= 0.3 is 0 Å². The van der Waals surface area contributed by atoms with Crippen LogP contribution < -0.4 is 0 Å². The zero-order valence-corrected chi connectivity index (χ0v) is 18.9. The van der Waals surface area contributed by atoms with Gasteiger partial charge in [0, 0.05) is 12.8 Å². The van der Waals surface area contributed by atoms with E-state index in [2.05, 4.69) is 26.8 Å². The maximum absolute atomic E-state index is 12.0. The molecule has 4 aliphatic carbocycles. The van der Waals surface area contributed by atoms with E-state index in [1.54, 1.807) is 0 Å². The third-order valence-corrected chi connectivity index (χ3v) is 9.91. The molecule has 0 spiro atoms. The predicted octanol–water partition coefficient (Wildman–Crippen LogP) is 6.32. The summed E-state index contributed by atoms with van der Waals surface area (Å²) in [7, 11) is 0. The van der Waals surface area contributed by atoms with Crippen LogP contribution in [0.5, 0.6) is 0 Å². The van der Waals surface area contributed by atoms with Crippen LogP contribution in [0.1, 0.15) is 98.8 Å². The Morgan fingerprint density at radius 2 is 1.93 bits per heavy atom. The molecule has 158 valence electrons. The average molecular weight is 387 g/mol. The minimum atomic E-state index is -0.539. The number of ketones is 1. The van der Waals surface area contributed by atoms with Gasteiger partial charge in [-0.2, -0.15) is 0 Å².